The monoisotopic (exact) mass is 446 g/mol. The molecular weight excluding hydrogens is 424 g/mol. The summed E-state index contributed by atoms with van der Waals surface area (Å²) in [6.07, 6.45) is 0.818. The molecule has 0 radical (unpaired) electrons. The van der Waals surface area contributed by atoms with Gasteiger partial charge in [0.25, 0.3) is 5.56 Å². The summed E-state index contributed by atoms with van der Waals surface area (Å²) in [5, 5.41) is 6.23. The lowest BCUT2D eigenvalue weighted by Gasteiger charge is -2.19. The van der Waals surface area contributed by atoms with Gasteiger partial charge in [0.2, 0.25) is 5.91 Å². The third-order valence-corrected chi connectivity index (χ3v) is 6.65. The molecule has 32 heavy (non-hydrogen) atoms. The van der Waals surface area contributed by atoms with Crippen molar-refractivity contribution in [3.63, 3.8) is 0 Å². The van der Waals surface area contributed by atoms with E-state index in [0.717, 1.165) is 45.6 Å². The van der Waals surface area contributed by atoms with Crippen molar-refractivity contribution in [3.8, 4) is 5.69 Å². The number of aryl methyl sites for hydroxylation is 2. The lowest BCUT2D eigenvalue weighted by atomic mass is 10.1. The smallest absolute Gasteiger partial charge is 0.252 e. The summed E-state index contributed by atoms with van der Waals surface area (Å²) in [6.45, 7) is 6.29. The van der Waals surface area contributed by atoms with Crippen molar-refractivity contribution in [1.82, 2.24) is 14.3 Å². The summed E-state index contributed by atoms with van der Waals surface area (Å²) >= 11 is 6.37. The zero-order valence-corrected chi connectivity index (χ0v) is 19.0. The van der Waals surface area contributed by atoms with E-state index in [1.54, 1.807) is 15.6 Å². The highest BCUT2D eigenvalue weighted by molar-refractivity contribution is 6.31. The van der Waals surface area contributed by atoms with Crippen molar-refractivity contribution < 1.29 is 4.79 Å². The molecule has 0 N–H and O–H groups in total. The number of rotatable bonds is 3. The van der Waals surface area contributed by atoms with Gasteiger partial charge in [-0.1, -0.05) is 35.9 Å². The van der Waals surface area contributed by atoms with Gasteiger partial charge in [-0.25, -0.2) is 4.68 Å². The van der Waals surface area contributed by atoms with E-state index in [1.165, 1.54) is 4.57 Å². The molecule has 1 aliphatic heterocycles. The Morgan fingerprint density at radius 3 is 2.62 bits per heavy atom. The van der Waals surface area contributed by atoms with E-state index in [2.05, 4.69) is 0 Å². The van der Waals surface area contributed by atoms with E-state index >= 15 is 0 Å². The van der Waals surface area contributed by atoms with Crippen LogP contribution in [0.3, 0.4) is 0 Å². The van der Waals surface area contributed by atoms with Crippen molar-refractivity contribution in [2.45, 2.75) is 33.7 Å². The van der Waals surface area contributed by atoms with Gasteiger partial charge in [0, 0.05) is 28.7 Å². The number of aromatic nitrogens is 3. The van der Waals surface area contributed by atoms with Crippen molar-refractivity contribution in [3.05, 3.63) is 86.3 Å². The largest absolute Gasteiger partial charge is 0.310 e. The Kier molecular flexibility index (Phi) is 4.90. The van der Waals surface area contributed by atoms with Crippen LogP contribution in [0.1, 0.15) is 22.4 Å². The topological polar surface area (TPSA) is 60.1 Å². The molecular formula is C25H23ClN4O2. The number of hydrogen-bond acceptors (Lipinski definition) is 3. The van der Waals surface area contributed by atoms with E-state index in [4.69, 9.17) is 16.7 Å². The Labute approximate surface area is 190 Å². The van der Waals surface area contributed by atoms with Gasteiger partial charge in [-0.3, -0.25) is 14.2 Å². The van der Waals surface area contributed by atoms with E-state index in [1.807, 2.05) is 63.2 Å². The number of fused-ring (bicyclic) bond motifs is 2. The van der Waals surface area contributed by atoms with Crippen LogP contribution in [0.25, 0.3) is 16.7 Å². The molecule has 2 aromatic heterocycles. The van der Waals surface area contributed by atoms with Gasteiger partial charge in [0.15, 0.2) is 0 Å². The normalized spacial score (nSPS) is 13.1. The van der Waals surface area contributed by atoms with Crippen LogP contribution in [0, 0.1) is 20.8 Å². The minimum Gasteiger partial charge on any atom is -0.310 e. The lowest BCUT2D eigenvalue weighted by Crippen LogP contribution is -2.36. The fourth-order valence-corrected chi connectivity index (χ4v) is 4.80. The fraction of sp³-hybridized carbons (Fsp3) is 0.240. The Hall–Kier alpha value is -3.38. The molecule has 7 heteroatoms. The van der Waals surface area contributed by atoms with Gasteiger partial charge in [-0.15, -0.1) is 0 Å². The molecule has 1 aliphatic rings. The molecule has 0 fully saturated rings. The molecule has 5 rings (SSSR count). The maximum absolute atomic E-state index is 13.3. The highest BCUT2D eigenvalue weighted by Gasteiger charge is 2.26. The first-order valence-electron chi connectivity index (χ1n) is 10.6. The van der Waals surface area contributed by atoms with Crippen molar-refractivity contribution in [2.75, 3.05) is 11.4 Å². The van der Waals surface area contributed by atoms with E-state index in [0.29, 0.717) is 17.2 Å². The number of carbonyl (C=O) groups is 1. The van der Waals surface area contributed by atoms with Crippen molar-refractivity contribution in [1.29, 1.82) is 0 Å². The minimum absolute atomic E-state index is 0.0608. The molecule has 1 amide bonds. The molecule has 6 nitrogen and oxygen atoms in total. The second-order valence-corrected chi connectivity index (χ2v) is 8.66. The molecule has 0 spiro atoms. The van der Waals surface area contributed by atoms with Gasteiger partial charge in [0.05, 0.1) is 11.4 Å². The lowest BCUT2D eigenvalue weighted by molar-refractivity contribution is -0.119. The third kappa shape index (κ3) is 3.14. The van der Waals surface area contributed by atoms with E-state index < -0.39 is 0 Å². The van der Waals surface area contributed by atoms with E-state index in [9.17, 15) is 9.59 Å². The molecule has 0 saturated heterocycles. The SMILES string of the molecule is Cc1c(Cl)cccc1-n1nc(C)c2c(C)cc(=O)n(CC(=O)N3CCc4ccccc43)c21. The zero-order chi connectivity index (χ0) is 22.6. The molecule has 0 bridgehead atoms. The maximum Gasteiger partial charge on any atom is 0.252 e. The summed E-state index contributed by atoms with van der Waals surface area (Å²) in [6, 6.07) is 15.1. The molecule has 162 valence electrons. The molecule has 0 unspecified atom stereocenters. The average molecular weight is 447 g/mol. The molecule has 0 aliphatic carbocycles. The Bertz CT molecular complexity index is 1450. The number of amides is 1. The Morgan fingerprint density at radius 2 is 1.81 bits per heavy atom. The van der Waals surface area contributed by atoms with Crippen LogP contribution in [-0.4, -0.2) is 26.8 Å². The van der Waals surface area contributed by atoms with Crippen molar-refractivity contribution >= 4 is 34.2 Å². The summed E-state index contributed by atoms with van der Waals surface area (Å²) in [4.78, 5) is 28.2. The van der Waals surface area contributed by atoms with E-state index in [-0.39, 0.29) is 18.0 Å². The number of pyridine rings is 1. The quantitative estimate of drug-likeness (QED) is 0.470. The first-order valence-corrected chi connectivity index (χ1v) is 11.0. The van der Waals surface area contributed by atoms with Crippen LogP contribution in [0.15, 0.2) is 53.3 Å². The van der Waals surface area contributed by atoms with Gasteiger partial charge in [0.1, 0.15) is 12.2 Å². The van der Waals surface area contributed by atoms with Crippen LogP contribution in [0.4, 0.5) is 5.69 Å². The standard InChI is InChI=1S/C25H23ClN4O2/c1-15-13-22(31)29(14-23(32)28-12-11-18-7-4-5-9-21(18)28)25-24(15)17(3)27-30(25)20-10-6-8-19(26)16(20)2/h4-10,13H,11-12,14H2,1-3H3. The van der Waals surface area contributed by atoms with Crippen LogP contribution in [-0.2, 0) is 17.8 Å². The average Bonchev–Trinajstić information content (AvgIpc) is 3.34. The second-order valence-electron chi connectivity index (χ2n) is 8.26. The number of para-hydroxylation sites is 1. The third-order valence-electron chi connectivity index (χ3n) is 6.24. The Morgan fingerprint density at radius 1 is 1.06 bits per heavy atom. The molecule has 3 heterocycles. The first kappa shape index (κ1) is 20.5. The first-order chi connectivity index (χ1) is 15.4. The van der Waals surface area contributed by atoms with Crippen molar-refractivity contribution in [2.24, 2.45) is 0 Å². The Balaban J connectivity index is 1.68. The number of anilines is 1. The number of hydrogen-bond donors (Lipinski definition) is 0. The van der Waals surface area contributed by atoms with Crippen LogP contribution in [0.5, 0.6) is 0 Å². The molecule has 0 atom stereocenters. The van der Waals surface area contributed by atoms with Gasteiger partial charge >= 0.3 is 0 Å². The predicted molar refractivity (Wildman–Crippen MR) is 127 cm³/mol. The number of nitrogens with zero attached hydrogens (tertiary/aromatic N) is 4. The summed E-state index contributed by atoms with van der Waals surface area (Å²) in [7, 11) is 0. The molecule has 2 aromatic carbocycles. The maximum atomic E-state index is 13.3. The second kappa shape index (κ2) is 7.64. The fourth-order valence-electron chi connectivity index (χ4n) is 4.63. The summed E-state index contributed by atoms with van der Waals surface area (Å²) in [5.41, 5.74) is 5.73. The highest BCUT2D eigenvalue weighted by Crippen LogP contribution is 2.30. The van der Waals surface area contributed by atoms with Crippen LogP contribution in [0.2, 0.25) is 5.02 Å². The molecule has 0 saturated carbocycles. The number of halogens is 1. The van der Waals surface area contributed by atoms with Gasteiger partial charge in [-0.2, -0.15) is 5.10 Å². The predicted octanol–water partition coefficient (Wildman–Crippen LogP) is 4.36. The number of carbonyl (C=O) groups excluding carboxylic acids is 1. The van der Waals surface area contributed by atoms with Crippen LogP contribution >= 0.6 is 11.6 Å². The van der Waals surface area contributed by atoms with Gasteiger partial charge in [-0.05, 0) is 62.1 Å². The van der Waals surface area contributed by atoms with Gasteiger partial charge < -0.3 is 4.90 Å². The molecule has 4 aromatic rings. The minimum atomic E-state index is -0.225. The highest BCUT2D eigenvalue weighted by atomic mass is 35.5. The summed E-state index contributed by atoms with van der Waals surface area (Å²) in [5.74, 6) is -0.115. The van der Waals surface area contributed by atoms with Crippen LogP contribution < -0.4 is 10.5 Å². The summed E-state index contributed by atoms with van der Waals surface area (Å²) < 4.78 is 3.28. The number of benzene rings is 2. The zero-order valence-electron chi connectivity index (χ0n) is 18.2.